The summed E-state index contributed by atoms with van der Waals surface area (Å²) in [5.41, 5.74) is 0.389. The quantitative estimate of drug-likeness (QED) is 0.800. The van der Waals surface area contributed by atoms with Crippen molar-refractivity contribution in [2.45, 2.75) is 39.2 Å². The Morgan fingerprint density at radius 2 is 1.76 bits per heavy atom. The van der Waals surface area contributed by atoms with Crippen molar-refractivity contribution in [3.8, 4) is 0 Å². The van der Waals surface area contributed by atoms with Crippen molar-refractivity contribution < 1.29 is 0 Å². The van der Waals surface area contributed by atoms with E-state index >= 15 is 0 Å². The highest BCUT2D eigenvalue weighted by atomic mass is 15.3. The number of nitrogens with zero attached hydrogens (tertiary/aromatic N) is 2. The molecule has 2 rings (SSSR count). The molecule has 2 fully saturated rings. The predicted octanol–water partition coefficient (Wildman–Crippen LogP) is 1.40. The number of nitrogens with one attached hydrogen (secondary N) is 1. The van der Waals surface area contributed by atoms with Gasteiger partial charge in [0.1, 0.15) is 0 Å². The van der Waals surface area contributed by atoms with Gasteiger partial charge in [0.15, 0.2) is 0 Å². The van der Waals surface area contributed by atoms with Crippen LogP contribution in [0.2, 0.25) is 0 Å². The summed E-state index contributed by atoms with van der Waals surface area (Å²) < 4.78 is 0. The summed E-state index contributed by atoms with van der Waals surface area (Å²) >= 11 is 0. The minimum Gasteiger partial charge on any atom is -0.310 e. The Morgan fingerprint density at radius 3 is 2.29 bits per heavy atom. The molecule has 1 N–H and O–H groups in total. The molecule has 0 aromatic carbocycles. The van der Waals surface area contributed by atoms with Gasteiger partial charge in [-0.3, -0.25) is 4.90 Å². The molecule has 0 spiro atoms. The topological polar surface area (TPSA) is 18.5 Å². The molecule has 0 saturated carbocycles. The first-order chi connectivity index (χ1) is 8.07. The van der Waals surface area contributed by atoms with E-state index < -0.39 is 0 Å². The lowest BCUT2D eigenvalue weighted by Gasteiger charge is -2.39. The minimum absolute atomic E-state index is 0.389. The van der Waals surface area contributed by atoms with Crippen LogP contribution in [-0.2, 0) is 0 Å². The zero-order chi connectivity index (χ0) is 12.3. The molecule has 2 heterocycles. The van der Waals surface area contributed by atoms with Crippen LogP contribution in [-0.4, -0.2) is 61.2 Å². The molecule has 0 bridgehead atoms. The normalized spacial score (nSPS) is 32.5. The molecule has 2 aliphatic rings. The first kappa shape index (κ1) is 13.3. The summed E-state index contributed by atoms with van der Waals surface area (Å²) in [6.07, 6.45) is 2.70. The van der Waals surface area contributed by atoms with Crippen LogP contribution in [0.15, 0.2) is 0 Å². The third-order valence-corrected chi connectivity index (χ3v) is 4.12. The van der Waals surface area contributed by atoms with Gasteiger partial charge in [0.2, 0.25) is 0 Å². The van der Waals surface area contributed by atoms with Crippen molar-refractivity contribution in [1.82, 2.24) is 15.1 Å². The molecule has 2 saturated heterocycles. The zero-order valence-electron chi connectivity index (χ0n) is 11.8. The van der Waals surface area contributed by atoms with E-state index in [-0.39, 0.29) is 0 Å². The van der Waals surface area contributed by atoms with Crippen LogP contribution in [0.5, 0.6) is 0 Å². The Kier molecular flexibility index (Phi) is 4.45. The van der Waals surface area contributed by atoms with Crippen LogP contribution in [0.1, 0.15) is 33.6 Å². The Balaban J connectivity index is 1.71. The molecule has 1 unspecified atom stereocenters. The van der Waals surface area contributed by atoms with E-state index in [9.17, 15) is 0 Å². The number of hydrogen-bond donors (Lipinski definition) is 1. The van der Waals surface area contributed by atoms with Gasteiger partial charge in [-0.05, 0) is 32.2 Å². The van der Waals surface area contributed by atoms with Gasteiger partial charge >= 0.3 is 0 Å². The van der Waals surface area contributed by atoms with Gasteiger partial charge in [-0.1, -0.05) is 13.8 Å². The maximum atomic E-state index is 3.67. The van der Waals surface area contributed by atoms with Crippen LogP contribution in [0.3, 0.4) is 0 Å². The van der Waals surface area contributed by atoms with Crippen molar-refractivity contribution >= 4 is 0 Å². The zero-order valence-corrected chi connectivity index (χ0v) is 11.8. The number of rotatable bonds is 4. The molecule has 100 valence electrons. The Morgan fingerprint density at radius 1 is 1.12 bits per heavy atom. The Hall–Kier alpha value is -0.120. The van der Waals surface area contributed by atoms with Crippen molar-refractivity contribution in [3.63, 3.8) is 0 Å². The smallest absolute Gasteiger partial charge is 0.0280 e. The van der Waals surface area contributed by atoms with Crippen molar-refractivity contribution in [2.24, 2.45) is 5.92 Å². The lowest BCUT2D eigenvalue weighted by atomic mass is 9.99. The van der Waals surface area contributed by atoms with E-state index in [1.165, 1.54) is 58.7 Å². The lowest BCUT2D eigenvalue weighted by molar-refractivity contribution is 0.101. The first-order valence-electron chi connectivity index (χ1n) is 7.27. The SMILES string of the molecule is CC(C)CN1CCN(CC2(C)CCCN2)CC1. The molecule has 0 aromatic heterocycles. The summed E-state index contributed by atoms with van der Waals surface area (Å²) in [5, 5.41) is 3.67. The first-order valence-corrected chi connectivity index (χ1v) is 7.27. The molecule has 1 atom stereocenters. The molecule has 0 aliphatic carbocycles. The summed E-state index contributed by atoms with van der Waals surface area (Å²) in [5.74, 6) is 0.801. The van der Waals surface area contributed by atoms with Gasteiger partial charge in [-0.15, -0.1) is 0 Å². The molecule has 0 radical (unpaired) electrons. The van der Waals surface area contributed by atoms with E-state index in [1.54, 1.807) is 0 Å². The van der Waals surface area contributed by atoms with Crippen LogP contribution >= 0.6 is 0 Å². The molecule has 3 heteroatoms. The highest BCUT2D eigenvalue weighted by molar-refractivity contribution is 4.92. The maximum Gasteiger partial charge on any atom is 0.0280 e. The Labute approximate surface area is 107 Å². The average molecular weight is 239 g/mol. The van der Waals surface area contributed by atoms with Crippen molar-refractivity contribution in [3.05, 3.63) is 0 Å². The fourth-order valence-corrected chi connectivity index (χ4v) is 3.23. The second-order valence-corrected chi connectivity index (χ2v) is 6.56. The van der Waals surface area contributed by atoms with Gasteiger partial charge in [-0.2, -0.15) is 0 Å². The fourth-order valence-electron chi connectivity index (χ4n) is 3.23. The molecule has 17 heavy (non-hydrogen) atoms. The highest BCUT2D eigenvalue weighted by Gasteiger charge is 2.31. The molecule has 3 nitrogen and oxygen atoms in total. The molecule has 2 aliphatic heterocycles. The predicted molar refractivity (Wildman–Crippen MR) is 73.4 cm³/mol. The Bertz CT molecular complexity index is 226. The van der Waals surface area contributed by atoms with E-state index in [0.29, 0.717) is 5.54 Å². The van der Waals surface area contributed by atoms with Gasteiger partial charge in [0.25, 0.3) is 0 Å². The lowest BCUT2D eigenvalue weighted by Crippen LogP contribution is -2.54. The standard InChI is InChI=1S/C14H29N3/c1-13(2)11-16-7-9-17(10-8-16)12-14(3)5-4-6-15-14/h13,15H,4-12H2,1-3H3. The van der Waals surface area contributed by atoms with Crippen LogP contribution in [0.25, 0.3) is 0 Å². The van der Waals surface area contributed by atoms with E-state index in [0.717, 1.165) is 5.92 Å². The minimum atomic E-state index is 0.389. The second kappa shape index (κ2) is 5.68. The van der Waals surface area contributed by atoms with E-state index in [2.05, 4.69) is 35.9 Å². The summed E-state index contributed by atoms with van der Waals surface area (Å²) in [6, 6.07) is 0. The van der Waals surface area contributed by atoms with Crippen LogP contribution in [0.4, 0.5) is 0 Å². The molecular formula is C14H29N3. The van der Waals surface area contributed by atoms with Gasteiger partial charge in [0, 0.05) is 44.8 Å². The van der Waals surface area contributed by atoms with Crippen LogP contribution in [0, 0.1) is 5.92 Å². The largest absolute Gasteiger partial charge is 0.310 e. The maximum absolute atomic E-state index is 3.67. The van der Waals surface area contributed by atoms with Crippen molar-refractivity contribution in [1.29, 1.82) is 0 Å². The number of hydrogen-bond acceptors (Lipinski definition) is 3. The molecular weight excluding hydrogens is 210 g/mol. The van der Waals surface area contributed by atoms with Gasteiger partial charge in [-0.25, -0.2) is 0 Å². The van der Waals surface area contributed by atoms with Gasteiger partial charge < -0.3 is 10.2 Å². The average Bonchev–Trinajstić information content (AvgIpc) is 2.67. The third kappa shape index (κ3) is 3.94. The second-order valence-electron chi connectivity index (χ2n) is 6.56. The highest BCUT2D eigenvalue weighted by Crippen LogP contribution is 2.20. The van der Waals surface area contributed by atoms with E-state index in [4.69, 9.17) is 0 Å². The molecule has 0 amide bonds. The summed E-state index contributed by atoms with van der Waals surface area (Å²) in [4.78, 5) is 5.26. The molecule has 0 aromatic rings. The number of piperazine rings is 1. The van der Waals surface area contributed by atoms with Gasteiger partial charge in [0.05, 0.1) is 0 Å². The summed E-state index contributed by atoms with van der Waals surface area (Å²) in [6.45, 7) is 15.8. The van der Waals surface area contributed by atoms with Crippen molar-refractivity contribution in [2.75, 3.05) is 45.8 Å². The third-order valence-electron chi connectivity index (χ3n) is 4.12. The van der Waals surface area contributed by atoms with Crippen LogP contribution < -0.4 is 5.32 Å². The van der Waals surface area contributed by atoms with E-state index in [1.807, 2.05) is 0 Å². The summed E-state index contributed by atoms with van der Waals surface area (Å²) in [7, 11) is 0. The fraction of sp³-hybridized carbons (Fsp3) is 1.00. The monoisotopic (exact) mass is 239 g/mol.